The summed E-state index contributed by atoms with van der Waals surface area (Å²) in [4.78, 5) is 0. The Hall–Kier alpha value is -2.39. The topological polar surface area (TPSA) is 24.4 Å². The lowest BCUT2D eigenvalue weighted by Crippen LogP contribution is -2.09. The molecule has 0 aromatic heterocycles. The Morgan fingerprint density at radius 2 is 1.38 bits per heavy atom. The predicted octanol–water partition coefficient (Wildman–Crippen LogP) is 5.55. The molecule has 1 N–H and O–H groups in total. The molecule has 118 valence electrons. The first-order valence-corrected chi connectivity index (χ1v) is 8.82. The van der Waals surface area contributed by atoms with Crippen molar-refractivity contribution in [2.45, 2.75) is 12.5 Å². The van der Waals surface area contributed by atoms with Crippen molar-refractivity contribution in [3.63, 3.8) is 0 Å². The van der Waals surface area contributed by atoms with Crippen LogP contribution in [0.3, 0.4) is 0 Å². The summed E-state index contributed by atoms with van der Waals surface area (Å²) >= 11 is 3.48. The molecule has 3 heteroatoms. The molecular weight excluding hydrogens is 360 g/mol. The van der Waals surface area contributed by atoms with Crippen LogP contribution in [-0.4, -0.2) is 5.71 Å². The fourth-order valence-corrected chi connectivity index (χ4v) is 3.26. The van der Waals surface area contributed by atoms with Crippen molar-refractivity contribution >= 4 is 21.6 Å². The average Bonchev–Trinajstić information content (AvgIpc) is 3.13. The summed E-state index contributed by atoms with van der Waals surface area (Å²) in [5.41, 5.74) is 9.29. The quantitative estimate of drug-likeness (QED) is 0.635. The molecule has 0 bridgehead atoms. The van der Waals surface area contributed by atoms with E-state index in [0.717, 1.165) is 16.6 Å². The summed E-state index contributed by atoms with van der Waals surface area (Å²) in [5.74, 6) is 0. The molecule has 0 saturated carbocycles. The average molecular weight is 377 g/mol. The monoisotopic (exact) mass is 376 g/mol. The number of hydrogen-bond acceptors (Lipinski definition) is 2. The van der Waals surface area contributed by atoms with Crippen molar-refractivity contribution in [1.82, 2.24) is 5.43 Å². The maximum Gasteiger partial charge on any atom is 0.0745 e. The minimum atomic E-state index is 0.252. The van der Waals surface area contributed by atoms with Crippen LogP contribution in [-0.2, 0) is 0 Å². The van der Waals surface area contributed by atoms with E-state index in [-0.39, 0.29) is 6.04 Å². The van der Waals surface area contributed by atoms with E-state index in [1.54, 1.807) is 0 Å². The maximum absolute atomic E-state index is 4.54. The summed E-state index contributed by atoms with van der Waals surface area (Å²) < 4.78 is 1.10. The van der Waals surface area contributed by atoms with Gasteiger partial charge in [0.2, 0.25) is 0 Å². The minimum Gasteiger partial charge on any atom is -0.302 e. The van der Waals surface area contributed by atoms with Crippen LogP contribution in [0.15, 0.2) is 88.4 Å². The molecular formula is C21H17BrN2. The van der Waals surface area contributed by atoms with Gasteiger partial charge in [0.15, 0.2) is 0 Å². The normalized spacial score (nSPS) is 16.5. The molecule has 1 atom stereocenters. The third-order valence-corrected chi connectivity index (χ3v) is 4.88. The van der Waals surface area contributed by atoms with Crippen molar-refractivity contribution in [2.75, 3.05) is 0 Å². The Morgan fingerprint density at radius 3 is 2.08 bits per heavy atom. The number of hydrazone groups is 1. The van der Waals surface area contributed by atoms with E-state index in [9.17, 15) is 0 Å². The van der Waals surface area contributed by atoms with E-state index in [4.69, 9.17) is 0 Å². The van der Waals surface area contributed by atoms with Gasteiger partial charge in [-0.3, -0.25) is 0 Å². The molecule has 2 nitrogen and oxygen atoms in total. The van der Waals surface area contributed by atoms with Crippen molar-refractivity contribution in [3.05, 3.63) is 94.5 Å². The third-order valence-electron chi connectivity index (χ3n) is 4.35. The van der Waals surface area contributed by atoms with E-state index in [0.29, 0.717) is 0 Å². The molecule has 0 radical (unpaired) electrons. The Labute approximate surface area is 150 Å². The zero-order valence-corrected chi connectivity index (χ0v) is 14.7. The SMILES string of the molecule is Brc1ccc(C2CC(c3ccc(-c4ccccc4)cc3)=NN2)cc1. The van der Waals surface area contributed by atoms with Gasteiger partial charge in [-0.25, -0.2) is 0 Å². The highest BCUT2D eigenvalue weighted by Crippen LogP contribution is 2.27. The largest absolute Gasteiger partial charge is 0.302 e. The summed E-state index contributed by atoms with van der Waals surface area (Å²) in [7, 11) is 0. The number of halogens is 1. The van der Waals surface area contributed by atoms with Gasteiger partial charge in [-0.1, -0.05) is 82.7 Å². The molecule has 4 rings (SSSR count). The minimum absolute atomic E-state index is 0.252. The smallest absolute Gasteiger partial charge is 0.0745 e. The van der Waals surface area contributed by atoms with Crippen LogP contribution < -0.4 is 5.43 Å². The van der Waals surface area contributed by atoms with Crippen LogP contribution >= 0.6 is 15.9 Å². The van der Waals surface area contributed by atoms with Gasteiger partial charge >= 0.3 is 0 Å². The molecule has 0 spiro atoms. The van der Waals surface area contributed by atoms with Gasteiger partial charge in [-0.2, -0.15) is 5.10 Å². The lowest BCUT2D eigenvalue weighted by Gasteiger charge is -2.10. The molecule has 1 heterocycles. The van der Waals surface area contributed by atoms with Crippen LogP contribution in [0, 0.1) is 0 Å². The highest BCUT2D eigenvalue weighted by Gasteiger charge is 2.21. The van der Waals surface area contributed by atoms with Gasteiger partial charge < -0.3 is 5.43 Å². The van der Waals surface area contributed by atoms with Gasteiger partial charge in [-0.15, -0.1) is 0 Å². The molecule has 1 unspecified atom stereocenters. The molecule has 3 aromatic rings. The van der Waals surface area contributed by atoms with E-state index < -0.39 is 0 Å². The Kier molecular flexibility index (Phi) is 4.18. The molecule has 3 aromatic carbocycles. The summed E-state index contributed by atoms with van der Waals surface area (Å²) in [6.45, 7) is 0. The van der Waals surface area contributed by atoms with Crippen molar-refractivity contribution in [2.24, 2.45) is 5.10 Å². The summed E-state index contributed by atoms with van der Waals surface area (Å²) in [5, 5.41) is 4.54. The fraction of sp³-hybridized carbons (Fsp3) is 0.0952. The molecule has 0 aliphatic carbocycles. The number of nitrogens with one attached hydrogen (secondary N) is 1. The van der Waals surface area contributed by atoms with E-state index in [1.165, 1.54) is 22.3 Å². The summed E-state index contributed by atoms with van der Waals surface area (Å²) in [6, 6.07) is 27.8. The fourth-order valence-electron chi connectivity index (χ4n) is 3.00. The van der Waals surface area contributed by atoms with Crippen LogP contribution in [0.25, 0.3) is 11.1 Å². The van der Waals surface area contributed by atoms with Crippen molar-refractivity contribution in [3.8, 4) is 11.1 Å². The van der Waals surface area contributed by atoms with Gasteiger partial charge in [0.1, 0.15) is 0 Å². The van der Waals surface area contributed by atoms with E-state index >= 15 is 0 Å². The Morgan fingerprint density at radius 1 is 0.750 bits per heavy atom. The zero-order chi connectivity index (χ0) is 16.4. The van der Waals surface area contributed by atoms with Gasteiger partial charge in [0.25, 0.3) is 0 Å². The first kappa shape index (κ1) is 15.2. The van der Waals surface area contributed by atoms with Gasteiger partial charge in [0.05, 0.1) is 11.8 Å². The number of nitrogens with zero attached hydrogens (tertiary/aromatic N) is 1. The molecule has 1 aliphatic heterocycles. The van der Waals surface area contributed by atoms with E-state index in [1.807, 2.05) is 6.07 Å². The first-order chi connectivity index (χ1) is 11.8. The lowest BCUT2D eigenvalue weighted by atomic mass is 9.97. The molecule has 0 saturated heterocycles. The maximum atomic E-state index is 4.54. The standard InChI is InChI=1S/C21H17BrN2/c22-19-12-10-18(11-13-19)21-14-20(23-24-21)17-8-6-16(7-9-17)15-4-2-1-3-5-15/h1-13,21,24H,14H2. The van der Waals surface area contributed by atoms with Gasteiger partial charge in [0, 0.05) is 10.9 Å². The number of benzene rings is 3. The van der Waals surface area contributed by atoms with Crippen LogP contribution in [0.1, 0.15) is 23.6 Å². The summed E-state index contributed by atoms with van der Waals surface area (Å²) in [6.07, 6.45) is 0.909. The van der Waals surface area contributed by atoms with Crippen LogP contribution in [0.4, 0.5) is 0 Å². The Bertz CT molecular complexity index is 853. The van der Waals surface area contributed by atoms with Gasteiger partial charge in [-0.05, 0) is 34.4 Å². The van der Waals surface area contributed by atoms with E-state index in [2.05, 4.69) is 99.3 Å². The third kappa shape index (κ3) is 3.13. The number of rotatable bonds is 3. The molecule has 0 fully saturated rings. The zero-order valence-electron chi connectivity index (χ0n) is 13.1. The lowest BCUT2D eigenvalue weighted by molar-refractivity contribution is 0.620. The Balaban J connectivity index is 1.50. The molecule has 24 heavy (non-hydrogen) atoms. The highest BCUT2D eigenvalue weighted by molar-refractivity contribution is 9.10. The van der Waals surface area contributed by atoms with Crippen molar-refractivity contribution < 1.29 is 0 Å². The van der Waals surface area contributed by atoms with Crippen molar-refractivity contribution in [1.29, 1.82) is 0 Å². The van der Waals surface area contributed by atoms with Crippen LogP contribution in [0.2, 0.25) is 0 Å². The second-order valence-corrected chi connectivity index (χ2v) is 6.85. The second-order valence-electron chi connectivity index (χ2n) is 5.94. The molecule has 0 amide bonds. The van der Waals surface area contributed by atoms with Crippen LogP contribution in [0.5, 0.6) is 0 Å². The first-order valence-electron chi connectivity index (χ1n) is 8.03. The molecule has 1 aliphatic rings. The second kappa shape index (κ2) is 6.62. The number of hydrogen-bond donors (Lipinski definition) is 1. The highest BCUT2D eigenvalue weighted by atomic mass is 79.9. The predicted molar refractivity (Wildman–Crippen MR) is 103 cm³/mol.